The molecule has 0 amide bonds. The van der Waals surface area contributed by atoms with Crippen LogP contribution in [0.15, 0.2) is 27.4 Å². The van der Waals surface area contributed by atoms with Gasteiger partial charge in [-0.1, -0.05) is 6.92 Å². The third kappa shape index (κ3) is 2.42. The summed E-state index contributed by atoms with van der Waals surface area (Å²) in [7, 11) is 0. The molecule has 0 saturated carbocycles. The highest BCUT2D eigenvalue weighted by molar-refractivity contribution is 6.00. The van der Waals surface area contributed by atoms with Crippen molar-refractivity contribution in [3.05, 3.63) is 34.3 Å². The SMILES string of the molecule is CCCn1c(=O)oc2cc(C(=O)C3CCOC3C)ccc21. The van der Waals surface area contributed by atoms with E-state index in [1.807, 2.05) is 13.8 Å². The number of nitrogens with zero attached hydrogens (tertiary/aromatic N) is 1. The normalized spacial score (nSPS) is 22.0. The van der Waals surface area contributed by atoms with Crippen molar-refractivity contribution >= 4 is 16.9 Å². The Bertz CT molecular complexity index is 727. The van der Waals surface area contributed by atoms with E-state index in [0.717, 1.165) is 18.4 Å². The lowest BCUT2D eigenvalue weighted by molar-refractivity contribution is 0.0764. The summed E-state index contributed by atoms with van der Waals surface area (Å²) in [6.07, 6.45) is 1.55. The molecule has 2 atom stereocenters. The molecule has 0 aliphatic carbocycles. The fourth-order valence-corrected chi connectivity index (χ4v) is 2.95. The molecule has 5 heteroatoms. The number of rotatable bonds is 4. The Balaban J connectivity index is 1.98. The molecule has 0 spiro atoms. The second-order valence-electron chi connectivity index (χ2n) is 5.54. The van der Waals surface area contributed by atoms with Gasteiger partial charge in [0.2, 0.25) is 0 Å². The van der Waals surface area contributed by atoms with Crippen molar-refractivity contribution in [2.24, 2.45) is 5.92 Å². The van der Waals surface area contributed by atoms with E-state index in [0.29, 0.717) is 24.3 Å². The Kier molecular flexibility index (Phi) is 3.68. The van der Waals surface area contributed by atoms with Crippen LogP contribution in [0.25, 0.3) is 11.1 Å². The summed E-state index contributed by atoms with van der Waals surface area (Å²) in [6.45, 7) is 5.17. The van der Waals surface area contributed by atoms with Crippen LogP contribution in [0.1, 0.15) is 37.0 Å². The summed E-state index contributed by atoms with van der Waals surface area (Å²) >= 11 is 0. The molecule has 2 heterocycles. The van der Waals surface area contributed by atoms with Crippen molar-refractivity contribution < 1.29 is 13.9 Å². The quantitative estimate of drug-likeness (QED) is 0.812. The van der Waals surface area contributed by atoms with Gasteiger partial charge in [0.15, 0.2) is 11.4 Å². The molecular weight excluding hydrogens is 270 g/mol. The van der Waals surface area contributed by atoms with Crippen LogP contribution < -0.4 is 5.76 Å². The molecule has 21 heavy (non-hydrogen) atoms. The van der Waals surface area contributed by atoms with Gasteiger partial charge in [-0.25, -0.2) is 4.79 Å². The van der Waals surface area contributed by atoms with Gasteiger partial charge in [0.1, 0.15) is 0 Å². The van der Waals surface area contributed by atoms with E-state index in [2.05, 4.69) is 0 Å². The minimum Gasteiger partial charge on any atom is -0.408 e. The van der Waals surface area contributed by atoms with E-state index in [1.54, 1.807) is 22.8 Å². The number of aryl methyl sites for hydroxylation is 1. The van der Waals surface area contributed by atoms with Gasteiger partial charge in [0.05, 0.1) is 17.5 Å². The third-order valence-corrected chi connectivity index (χ3v) is 4.11. The van der Waals surface area contributed by atoms with Crippen molar-refractivity contribution in [2.75, 3.05) is 6.61 Å². The van der Waals surface area contributed by atoms with Crippen molar-refractivity contribution in [3.8, 4) is 0 Å². The van der Waals surface area contributed by atoms with Crippen LogP contribution in [-0.2, 0) is 11.3 Å². The molecule has 1 aliphatic heterocycles. The maximum absolute atomic E-state index is 12.5. The Morgan fingerprint density at radius 3 is 2.90 bits per heavy atom. The number of aromatic nitrogens is 1. The summed E-state index contributed by atoms with van der Waals surface area (Å²) in [5.41, 5.74) is 1.81. The van der Waals surface area contributed by atoms with E-state index < -0.39 is 0 Å². The first-order valence-corrected chi connectivity index (χ1v) is 7.41. The maximum atomic E-state index is 12.5. The minimum atomic E-state index is -0.367. The van der Waals surface area contributed by atoms with Crippen molar-refractivity contribution in [1.29, 1.82) is 0 Å². The largest absolute Gasteiger partial charge is 0.419 e. The maximum Gasteiger partial charge on any atom is 0.419 e. The van der Waals surface area contributed by atoms with Gasteiger partial charge >= 0.3 is 5.76 Å². The fraction of sp³-hybridized carbons (Fsp3) is 0.500. The molecule has 0 bridgehead atoms. The monoisotopic (exact) mass is 289 g/mol. The van der Waals surface area contributed by atoms with Crippen LogP contribution in [0.2, 0.25) is 0 Å². The summed E-state index contributed by atoms with van der Waals surface area (Å²) in [5.74, 6) is -0.409. The number of ether oxygens (including phenoxy) is 1. The lowest BCUT2D eigenvalue weighted by atomic mass is 9.92. The highest BCUT2D eigenvalue weighted by Crippen LogP contribution is 2.26. The Hall–Kier alpha value is -1.88. The number of carbonyl (C=O) groups is 1. The molecule has 1 saturated heterocycles. The highest BCUT2D eigenvalue weighted by Gasteiger charge is 2.31. The van der Waals surface area contributed by atoms with Crippen LogP contribution >= 0.6 is 0 Å². The lowest BCUT2D eigenvalue weighted by Crippen LogP contribution is -2.21. The predicted molar refractivity (Wildman–Crippen MR) is 78.6 cm³/mol. The molecule has 0 radical (unpaired) electrons. The molecule has 112 valence electrons. The van der Waals surface area contributed by atoms with Gasteiger partial charge < -0.3 is 9.15 Å². The number of hydrogen-bond acceptors (Lipinski definition) is 4. The Labute approximate surface area is 122 Å². The van der Waals surface area contributed by atoms with Gasteiger partial charge in [-0.15, -0.1) is 0 Å². The van der Waals surface area contributed by atoms with E-state index in [4.69, 9.17) is 9.15 Å². The minimum absolute atomic E-state index is 0.0510. The average molecular weight is 289 g/mol. The molecule has 1 aromatic heterocycles. The number of benzene rings is 1. The average Bonchev–Trinajstić information content (AvgIpc) is 3.02. The van der Waals surface area contributed by atoms with E-state index in [1.165, 1.54) is 0 Å². The summed E-state index contributed by atoms with van der Waals surface area (Å²) in [6, 6.07) is 5.25. The number of ketones is 1. The first-order chi connectivity index (χ1) is 10.1. The van der Waals surface area contributed by atoms with Gasteiger partial charge in [-0.3, -0.25) is 9.36 Å². The predicted octanol–water partition coefficient (Wildman–Crippen LogP) is 2.61. The Morgan fingerprint density at radius 2 is 2.24 bits per heavy atom. The number of carbonyl (C=O) groups excluding carboxylic acids is 1. The number of Topliss-reactive ketones (excluding diaryl/α,β-unsaturated/α-hetero) is 1. The van der Waals surface area contributed by atoms with Crippen LogP contribution in [-0.4, -0.2) is 23.1 Å². The molecule has 1 aliphatic rings. The van der Waals surface area contributed by atoms with E-state index >= 15 is 0 Å². The smallest absolute Gasteiger partial charge is 0.408 e. The zero-order valence-corrected chi connectivity index (χ0v) is 12.3. The van der Waals surface area contributed by atoms with Crippen LogP contribution in [0.5, 0.6) is 0 Å². The van der Waals surface area contributed by atoms with Crippen molar-refractivity contribution in [2.45, 2.75) is 39.3 Å². The first-order valence-electron chi connectivity index (χ1n) is 7.41. The topological polar surface area (TPSA) is 61.4 Å². The number of hydrogen-bond donors (Lipinski definition) is 0. The second kappa shape index (κ2) is 5.48. The van der Waals surface area contributed by atoms with Crippen LogP contribution in [0, 0.1) is 5.92 Å². The van der Waals surface area contributed by atoms with E-state index in [9.17, 15) is 9.59 Å². The van der Waals surface area contributed by atoms with Crippen LogP contribution in [0.4, 0.5) is 0 Å². The van der Waals surface area contributed by atoms with Gasteiger partial charge in [0, 0.05) is 18.7 Å². The fourth-order valence-electron chi connectivity index (χ4n) is 2.95. The third-order valence-electron chi connectivity index (χ3n) is 4.11. The number of oxazole rings is 1. The molecule has 1 aromatic carbocycles. The lowest BCUT2D eigenvalue weighted by Gasteiger charge is -2.12. The Morgan fingerprint density at radius 1 is 1.43 bits per heavy atom. The molecular formula is C16H19NO4. The van der Waals surface area contributed by atoms with Crippen molar-refractivity contribution in [1.82, 2.24) is 4.57 Å². The van der Waals surface area contributed by atoms with Crippen molar-refractivity contribution in [3.63, 3.8) is 0 Å². The van der Waals surface area contributed by atoms with Gasteiger partial charge in [0.25, 0.3) is 0 Å². The molecule has 5 nitrogen and oxygen atoms in total. The zero-order chi connectivity index (χ0) is 15.0. The molecule has 0 N–H and O–H groups in total. The molecule has 1 fully saturated rings. The number of fused-ring (bicyclic) bond motifs is 1. The second-order valence-corrected chi connectivity index (χ2v) is 5.54. The van der Waals surface area contributed by atoms with Gasteiger partial charge in [-0.2, -0.15) is 0 Å². The molecule has 3 rings (SSSR count). The van der Waals surface area contributed by atoms with E-state index in [-0.39, 0.29) is 23.6 Å². The molecule has 2 aromatic rings. The zero-order valence-electron chi connectivity index (χ0n) is 12.3. The first kappa shape index (κ1) is 14.1. The molecule has 2 unspecified atom stereocenters. The van der Waals surface area contributed by atoms with Gasteiger partial charge in [-0.05, 0) is 38.0 Å². The van der Waals surface area contributed by atoms with Crippen LogP contribution in [0.3, 0.4) is 0 Å². The summed E-state index contributed by atoms with van der Waals surface area (Å²) < 4.78 is 12.3. The highest BCUT2D eigenvalue weighted by atomic mass is 16.5. The summed E-state index contributed by atoms with van der Waals surface area (Å²) in [5, 5.41) is 0. The standard InChI is InChI=1S/C16H19NO4/c1-3-7-17-13-5-4-11(9-14(13)21-16(17)19)15(18)12-6-8-20-10(12)2/h4-5,9-10,12H,3,6-8H2,1-2H3. The summed E-state index contributed by atoms with van der Waals surface area (Å²) in [4.78, 5) is 24.3.